The van der Waals surface area contributed by atoms with Gasteiger partial charge in [-0.1, -0.05) is 135 Å². The van der Waals surface area contributed by atoms with Crippen molar-refractivity contribution in [3.63, 3.8) is 0 Å². The largest absolute Gasteiger partial charge is 0.310 e. The number of anilines is 3. The molecule has 0 aliphatic heterocycles. The minimum atomic E-state index is -0.0622. The van der Waals surface area contributed by atoms with Crippen molar-refractivity contribution in [2.75, 3.05) is 4.90 Å². The molecule has 2 nitrogen and oxygen atoms in total. The molecule has 0 unspecified atom stereocenters. The third kappa shape index (κ3) is 4.57. The Morgan fingerprint density at radius 3 is 1.84 bits per heavy atom. The van der Waals surface area contributed by atoms with Crippen LogP contribution in [0.3, 0.4) is 0 Å². The number of aromatic nitrogens is 1. The smallest absolute Gasteiger partial charge is 0.0547 e. The fourth-order valence-electron chi connectivity index (χ4n) is 8.48. The maximum absolute atomic E-state index is 2.40. The van der Waals surface area contributed by atoms with Gasteiger partial charge in [-0.15, -0.1) is 0 Å². The molecular formula is C49H36N2. The minimum absolute atomic E-state index is 0.0622. The van der Waals surface area contributed by atoms with E-state index in [0.717, 1.165) is 22.7 Å². The first kappa shape index (κ1) is 29.5. The number of benzene rings is 8. The maximum atomic E-state index is 2.40. The summed E-state index contributed by atoms with van der Waals surface area (Å²) in [4.78, 5) is 2.37. The summed E-state index contributed by atoms with van der Waals surface area (Å²) in [7, 11) is 0. The summed E-state index contributed by atoms with van der Waals surface area (Å²) in [5.41, 5.74) is 14.8. The lowest BCUT2D eigenvalue weighted by Crippen LogP contribution is -2.16. The molecule has 0 radical (unpaired) electrons. The Balaban J connectivity index is 1.02. The molecule has 0 bridgehead atoms. The van der Waals surface area contributed by atoms with Crippen molar-refractivity contribution in [3.05, 3.63) is 193 Å². The van der Waals surface area contributed by atoms with Gasteiger partial charge in [-0.25, -0.2) is 0 Å². The maximum Gasteiger partial charge on any atom is 0.0547 e. The normalized spacial score (nSPS) is 13.1. The van der Waals surface area contributed by atoms with Gasteiger partial charge in [-0.3, -0.25) is 0 Å². The van der Waals surface area contributed by atoms with E-state index in [9.17, 15) is 0 Å². The molecule has 2 heteroatoms. The second kappa shape index (κ2) is 11.3. The molecule has 0 fully saturated rings. The van der Waals surface area contributed by atoms with Crippen LogP contribution in [0, 0.1) is 0 Å². The van der Waals surface area contributed by atoms with Crippen LogP contribution in [0.15, 0.2) is 182 Å². The van der Waals surface area contributed by atoms with Crippen LogP contribution in [-0.4, -0.2) is 4.57 Å². The first-order valence-corrected chi connectivity index (χ1v) is 17.8. The van der Waals surface area contributed by atoms with Crippen molar-refractivity contribution in [2.24, 2.45) is 0 Å². The molecule has 1 aliphatic carbocycles. The SMILES string of the molecule is CC1(C)c2ccccc2-c2ccc(N(c3ccccc3)c3ccc(-c4ccc(-n5c6ccccc6c6c7ccccc7ccc65)cc4)cc3)cc21. The summed E-state index contributed by atoms with van der Waals surface area (Å²) < 4.78 is 2.40. The molecule has 0 amide bonds. The molecule has 0 saturated heterocycles. The van der Waals surface area contributed by atoms with Crippen molar-refractivity contribution in [1.82, 2.24) is 4.57 Å². The third-order valence-corrected chi connectivity index (χ3v) is 11.0. The molecule has 1 aliphatic rings. The molecule has 0 spiro atoms. The van der Waals surface area contributed by atoms with E-state index in [4.69, 9.17) is 0 Å². The predicted molar refractivity (Wildman–Crippen MR) is 216 cm³/mol. The van der Waals surface area contributed by atoms with Crippen molar-refractivity contribution in [1.29, 1.82) is 0 Å². The number of rotatable bonds is 5. The standard InChI is InChI=1S/C49H36N2/c1-49(2)44-18-10-8-16-41(44)42-30-29-39(32-45(42)49)50(36-13-4-3-5-14-36)37-25-20-33(21-26-37)34-22-27-38(28-23-34)51-46-19-11-9-17-43(46)48-40-15-7-6-12-35(40)24-31-47(48)51/h3-32H,1-2H3. The van der Waals surface area contributed by atoms with Gasteiger partial charge in [0.1, 0.15) is 0 Å². The Labute approximate surface area is 298 Å². The number of para-hydroxylation sites is 2. The van der Waals surface area contributed by atoms with Gasteiger partial charge in [0.2, 0.25) is 0 Å². The summed E-state index contributed by atoms with van der Waals surface area (Å²) in [6, 6.07) is 66.5. The minimum Gasteiger partial charge on any atom is -0.310 e. The zero-order chi connectivity index (χ0) is 34.1. The second-order valence-corrected chi connectivity index (χ2v) is 14.2. The number of fused-ring (bicyclic) bond motifs is 8. The van der Waals surface area contributed by atoms with E-state index < -0.39 is 0 Å². The van der Waals surface area contributed by atoms with E-state index in [0.29, 0.717) is 0 Å². The van der Waals surface area contributed by atoms with E-state index in [2.05, 4.69) is 205 Å². The molecule has 0 N–H and O–H groups in total. The molecule has 0 atom stereocenters. The first-order chi connectivity index (χ1) is 25.1. The Kier molecular flexibility index (Phi) is 6.56. The molecule has 10 rings (SSSR count). The quantitative estimate of drug-likeness (QED) is 0.180. The van der Waals surface area contributed by atoms with E-state index in [1.165, 1.54) is 66.0 Å². The number of hydrogen-bond acceptors (Lipinski definition) is 1. The summed E-state index contributed by atoms with van der Waals surface area (Å²) in [5.74, 6) is 0. The summed E-state index contributed by atoms with van der Waals surface area (Å²) >= 11 is 0. The molecule has 0 saturated carbocycles. The van der Waals surface area contributed by atoms with Crippen LogP contribution in [0.25, 0.3) is 60.5 Å². The van der Waals surface area contributed by atoms with Crippen LogP contribution in [0.4, 0.5) is 17.1 Å². The Morgan fingerprint density at radius 1 is 0.431 bits per heavy atom. The second-order valence-electron chi connectivity index (χ2n) is 14.2. The first-order valence-electron chi connectivity index (χ1n) is 17.8. The zero-order valence-electron chi connectivity index (χ0n) is 28.7. The van der Waals surface area contributed by atoms with Gasteiger partial charge < -0.3 is 9.47 Å². The highest BCUT2D eigenvalue weighted by molar-refractivity contribution is 6.21. The molecule has 9 aromatic rings. The van der Waals surface area contributed by atoms with Gasteiger partial charge in [0, 0.05) is 38.9 Å². The lowest BCUT2D eigenvalue weighted by atomic mass is 9.82. The topological polar surface area (TPSA) is 8.17 Å². The molecule has 242 valence electrons. The summed E-state index contributed by atoms with van der Waals surface area (Å²) in [6.07, 6.45) is 0. The zero-order valence-corrected chi connectivity index (χ0v) is 28.7. The highest BCUT2D eigenvalue weighted by Crippen LogP contribution is 2.50. The van der Waals surface area contributed by atoms with Crippen LogP contribution < -0.4 is 4.90 Å². The Bertz CT molecular complexity index is 2750. The average Bonchev–Trinajstić information content (AvgIpc) is 3.65. The summed E-state index contributed by atoms with van der Waals surface area (Å²) in [5, 5.41) is 5.15. The fraction of sp³-hybridized carbons (Fsp3) is 0.0612. The third-order valence-electron chi connectivity index (χ3n) is 11.0. The molecule has 51 heavy (non-hydrogen) atoms. The van der Waals surface area contributed by atoms with Crippen molar-refractivity contribution < 1.29 is 0 Å². The van der Waals surface area contributed by atoms with Crippen LogP contribution in [0.1, 0.15) is 25.0 Å². The molecule has 1 heterocycles. The Morgan fingerprint density at radius 2 is 1.04 bits per heavy atom. The van der Waals surface area contributed by atoms with E-state index in [1.807, 2.05) is 0 Å². The van der Waals surface area contributed by atoms with E-state index in [1.54, 1.807) is 0 Å². The van der Waals surface area contributed by atoms with Gasteiger partial charge in [0.15, 0.2) is 0 Å². The monoisotopic (exact) mass is 652 g/mol. The van der Waals surface area contributed by atoms with Gasteiger partial charge in [-0.2, -0.15) is 0 Å². The fourth-order valence-corrected chi connectivity index (χ4v) is 8.48. The lowest BCUT2D eigenvalue weighted by molar-refractivity contribution is 0.660. The number of nitrogens with zero attached hydrogens (tertiary/aromatic N) is 2. The van der Waals surface area contributed by atoms with Crippen LogP contribution in [0.5, 0.6) is 0 Å². The van der Waals surface area contributed by atoms with Crippen LogP contribution in [0.2, 0.25) is 0 Å². The van der Waals surface area contributed by atoms with Gasteiger partial charge in [-0.05, 0) is 105 Å². The van der Waals surface area contributed by atoms with Crippen molar-refractivity contribution >= 4 is 49.6 Å². The molecule has 8 aromatic carbocycles. The summed E-state index contributed by atoms with van der Waals surface area (Å²) in [6.45, 7) is 4.69. The predicted octanol–water partition coefficient (Wildman–Crippen LogP) is 13.4. The van der Waals surface area contributed by atoms with Gasteiger partial charge >= 0.3 is 0 Å². The van der Waals surface area contributed by atoms with Crippen LogP contribution in [-0.2, 0) is 5.41 Å². The highest BCUT2D eigenvalue weighted by Gasteiger charge is 2.35. The van der Waals surface area contributed by atoms with Gasteiger partial charge in [0.25, 0.3) is 0 Å². The molecule has 1 aromatic heterocycles. The number of hydrogen-bond donors (Lipinski definition) is 0. The average molecular weight is 653 g/mol. The van der Waals surface area contributed by atoms with E-state index in [-0.39, 0.29) is 5.41 Å². The van der Waals surface area contributed by atoms with Gasteiger partial charge in [0.05, 0.1) is 11.0 Å². The Hall–Kier alpha value is -6.38. The lowest BCUT2D eigenvalue weighted by Gasteiger charge is -2.28. The highest BCUT2D eigenvalue weighted by atomic mass is 15.1. The van der Waals surface area contributed by atoms with Crippen molar-refractivity contribution in [2.45, 2.75) is 19.3 Å². The van der Waals surface area contributed by atoms with Crippen molar-refractivity contribution in [3.8, 4) is 27.9 Å². The van der Waals surface area contributed by atoms with Crippen LogP contribution >= 0.6 is 0 Å². The molecular weight excluding hydrogens is 617 g/mol. The van der Waals surface area contributed by atoms with E-state index >= 15 is 0 Å².